The van der Waals surface area contributed by atoms with Crippen LogP contribution in [0.3, 0.4) is 0 Å². The third-order valence-corrected chi connectivity index (χ3v) is 3.28. The van der Waals surface area contributed by atoms with Gasteiger partial charge in [-0.1, -0.05) is 36.4 Å². The Morgan fingerprint density at radius 2 is 1.90 bits per heavy atom. The van der Waals surface area contributed by atoms with Gasteiger partial charge in [0.2, 0.25) is 5.91 Å². The molecule has 0 atom stereocenters. The second kappa shape index (κ2) is 6.75. The van der Waals surface area contributed by atoms with E-state index < -0.39 is 0 Å². The number of aryl methyl sites for hydroxylation is 2. The molecule has 3 N–H and O–H groups in total. The molecule has 0 bridgehead atoms. The summed E-state index contributed by atoms with van der Waals surface area (Å²) < 4.78 is 0. The molecule has 0 radical (unpaired) electrons. The van der Waals surface area contributed by atoms with Gasteiger partial charge in [-0.25, -0.2) is 0 Å². The molecule has 0 fully saturated rings. The van der Waals surface area contributed by atoms with Crippen LogP contribution in [0.25, 0.3) is 0 Å². The van der Waals surface area contributed by atoms with E-state index in [2.05, 4.69) is 17.4 Å². The second-order valence-corrected chi connectivity index (χ2v) is 4.96. The van der Waals surface area contributed by atoms with Crippen LogP contribution in [-0.4, -0.2) is 5.91 Å². The maximum atomic E-state index is 11.8. The van der Waals surface area contributed by atoms with E-state index in [0.29, 0.717) is 12.1 Å². The predicted octanol–water partition coefficient (Wildman–Crippen LogP) is 3.54. The van der Waals surface area contributed by atoms with Crippen LogP contribution < -0.4 is 11.1 Å². The van der Waals surface area contributed by atoms with Gasteiger partial charge in [-0.15, -0.1) is 0 Å². The number of hydrogen-bond donors (Lipinski definition) is 2. The largest absolute Gasteiger partial charge is 0.398 e. The van der Waals surface area contributed by atoms with Gasteiger partial charge in [0.15, 0.2) is 0 Å². The highest BCUT2D eigenvalue weighted by Crippen LogP contribution is 2.17. The maximum Gasteiger partial charge on any atom is 0.224 e. The van der Waals surface area contributed by atoms with Crippen LogP contribution >= 0.6 is 0 Å². The highest BCUT2D eigenvalue weighted by molar-refractivity contribution is 5.91. The average Bonchev–Trinajstić information content (AvgIpc) is 2.44. The van der Waals surface area contributed by atoms with E-state index in [1.807, 2.05) is 37.3 Å². The molecule has 3 nitrogen and oxygen atoms in total. The third kappa shape index (κ3) is 4.12. The molecule has 0 heterocycles. The zero-order valence-electron chi connectivity index (χ0n) is 11.7. The van der Waals surface area contributed by atoms with Gasteiger partial charge in [0, 0.05) is 17.8 Å². The van der Waals surface area contributed by atoms with Crippen molar-refractivity contribution in [2.45, 2.75) is 26.2 Å². The molecular weight excluding hydrogens is 248 g/mol. The van der Waals surface area contributed by atoms with Gasteiger partial charge in [-0.05, 0) is 43.0 Å². The van der Waals surface area contributed by atoms with E-state index in [4.69, 9.17) is 5.73 Å². The summed E-state index contributed by atoms with van der Waals surface area (Å²) in [6.07, 6.45) is 2.28. The molecule has 2 aromatic rings. The Morgan fingerprint density at radius 1 is 1.15 bits per heavy atom. The lowest BCUT2D eigenvalue weighted by molar-refractivity contribution is -0.116. The van der Waals surface area contributed by atoms with Gasteiger partial charge in [0.05, 0.1) is 0 Å². The first-order valence-electron chi connectivity index (χ1n) is 6.85. The van der Waals surface area contributed by atoms with Crippen LogP contribution in [0, 0.1) is 6.92 Å². The Morgan fingerprint density at radius 3 is 2.60 bits per heavy atom. The molecule has 0 unspecified atom stereocenters. The van der Waals surface area contributed by atoms with Crippen LogP contribution in [0.15, 0.2) is 48.5 Å². The van der Waals surface area contributed by atoms with Crippen molar-refractivity contribution >= 4 is 17.3 Å². The molecular formula is C17H20N2O. The number of nitrogen functional groups attached to an aromatic ring is 1. The molecule has 0 aromatic heterocycles. The summed E-state index contributed by atoms with van der Waals surface area (Å²) >= 11 is 0. The van der Waals surface area contributed by atoms with Crippen LogP contribution in [0.1, 0.15) is 24.0 Å². The number of amides is 1. The zero-order chi connectivity index (χ0) is 14.4. The lowest BCUT2D eigenvalue weighted by Gasteiger charge is -2.07. The summed E-state index contributed by atoms with van der Waals surface area (Å²) in [5, 5.41) is 2.88. The lowest BCUT2D eigenvalue weighted by atomic mass is 10.1. The van der Waals surface area contributed by atoms with E-state index >= 15 is 0 Å². The summed E-state index contributed by atoms with van der Waals surface area (Å²) in [6, 6.07) is 15.8. The smallest absolute Gasteiger partial charge is 0.224 e. The van der Waals surface area contributed by atoms with Gasteiger partial charge < -0.3 is 11.1 Å². The first kappa shape index (κ1) is 14.1. The van der Waals surface area contributed by atoms with Crippen LogP contribution in [0.4, 0.5) is 11.4 Å². The predicted molar refractivity (Wildman–Crippen MR) is 83.6 cm³/mol. The molecule has 20 heavy (non-hydrogen) atoms. The van der Waals surface area contributed by atoms with E-state index in [1.165, 1.54) is 5.56 Å². The molecule has 0 spiro atoms. The molecule has 0 saturated heterocycles. The molecule has 104 valence electrons. The first-order chi connectivity index (χ1) is 9.65. The normalized spacial score (nSPS) is 10.2. The van der Waals surface area contributed by atoms with Crippen molar-refractivity contribution < 1.29 is 4.79 Å². The summed E-state index contributed by atoms with van der Waals surface area (Å²) in [5.74, 6) is 0.0317. The van der Waals surface area contributed by atoms with Gasteiger partial charge in [-0.3, -0.25) is 4.79 Å². The lowest BCUT2D eigenvalue weighted by Crippen LogP contribution is -2.11. The quantitative estimate of drug-likeness (QED) is 0.815. The van der Waals surface area contributed by atoms with Crippen molar-refractivity contribution in [3.63, 3.8) is 0 Å². The van der Waals surface area contributed by atoms with Crippen LogP contribution in [-0.2, 0) is 11.2 Å². The van der Waals surface area contributed by atoms with Gasteiger partial charge in [0.1, 0.15) is 0 Å². The van der Waals surface area contributed by atoms with Crippen molar-refractivity contribution in [3.05, 3.63) is 59.7 Å². The Kier molecular flexibility index (Phi) is 4.77. The Hall–Kier alpha value is -2.29. The number of carbonyl (C=O) groups is 1. The zero-order valence-corrected chi connectivity index (χ0v) is 11.7. The summed E-state index contributed by atoms with van der Waals surface area (Å²) in [4.78, 5) is 11.8. The maximum absolute atomic E-state index is 11.8. The highest BCUT2D eigenvalue weighted by atomic mass is 16.1. The molecule has 0 aliphatic carbocycles. The molecule has 2 aromatic carbocycles. The van der Waals surface area contributed by atoms with E-state index in [-0.39, 0.29) is 5.91 Å². The van der Waals surface area contributed by atoms with Gasteiger partial charge in [-0.2, -0.15) is 0 Å². The number of rotatable bonds is 5. The fourth-order valence-electron chi connectivity index (χ4n) is 2.04. The van der Waals surface area contributed by atoms with Crippen molar-refractivity contribution in [2.75, 3.05) is 11.1 Å². The van der Waals surface area contributed by atoms with Crippen LogP contribution in [0.2, 0.25) is 0 Å². The average molecular weight is 268 g/mol. The van der Waals surface area contributed by atoms with Crippen molar-refractivity contribution in [1.82, 2.24) is 0 Å². The van der Waals surface area contributed by atoms with E-state index in [0.717, 1.165) is 24.1 Å². The standard InChI is InChI=1S/C17H20N2O/c1-13-10-11-15(12-16(13)18)19-17(20)9-5-8-14-6-3-2-4-7-14/h2-4,6-7,10-12H,5,8-9,18H2,1H3,(H,19,20). The van der Waals surface area contributed by atoms with Crippen molar-refractivity contribution in [2.24, 2.45) is 0 Å². The minimum atomic E-state index is 0.0317. The number of anilines is 2. The SMILES string of the molecule is Cc1ccc(NC(=O)CCCc2ccccc2)cc1N. The Balaban J connectivity index is 1.79. The minimum Gasteiger partial charge on any atom is -0.398 e. The molecule has 0 aliphatic rings. The summed E-state index contributed by atoms with van der Waals surface area (Å²) in [6.45, 7) is 1.95. The van der Waals surface area contributed by atoms with Gasteiger partial charge in [0.25, 0.3) is 0 Å². The molecule has 0 aliphatic heterocycles. The van der Waals surface area contributed by atoms with Crippen LogP contribution in [0.5, 0.6) is 0 Å². The third-order valence-electron chi connectivity index (χ3n) is 3.28. The Bertz CT molecular complexity index is 579. The summed E-state index contributed by atoms with van der Waals surface area (Å²) in [7, 11) is 0. The molecule has 0 saturated carbocycles. The topological polar surface area (TPSA) is 55.1 Å². The fourth-order valence-corrected chi connectivity index (χ4v) is 2.04. The Labute approximate surface area is 119 Å². The number of benzene rings is 2. The fraction of sp³-hybridized carbons (Fsp3) is 0.235. The van der Waals surface area contributed by atoms with E-state index in [1.54, 1.807) is 6.07 Å². The van der Waals surface area contributed by atoms with E-state index in [9.17, 15) is 4.79 Å². The molecule has 3 heteroatoms. The second-order valence-electron chi connectivity index (χ2n) is 4.96. The molecule has 2 rings (SSSR count). The van der Waals surface area contributed by atoms with Gasteiger partial charge >= 0.3 is 0 Å². The monoisotopic (exact) mass is 268 g/mol. The number of carbonyl (C=O) groups excluding carboxylic acids is 1. The summed E-state index contributed by atoms with van der Waals surface area (Å²) in [5.41, 5.74) is 9.57. The minimum absolute atomic E-state index is 0.0317. The van der Waals surface area contributed by atoms with Crippen molar-refractivity contribution in [1.29, 1.82) is 0 Å². The number of hydrogen-bond acceptors (Lipinski definition) is 2. The number of nitrogens with one attached hydrogen (secondary N) is 1. The number of nitrogens with two attached hydrogens (primary N) is 1. The highest BCUT2D eigenvalue weighted by Gasteiger charge is 2.04. The van der Waals surface area contributed by atoms with Crippen molar-refractivity contribution in [3.8, 4) is 0 Å². The molecule has 1 amide bonds. The first-order valence-corrected chi connectivity index (χ1v) is 6.85.